The molecule has 1 aliphatic heterocycles. The van der Waals surface area contributed by atoms with Gasteiger partial charge in [0.15, 0.2) is 0 Å². The third-order valence-electron chi connectivity index (χ3n) is 5.15. The Kier molecular flexibility index (Phi) is 5.10. The lowest BCUT2D eigenvalue weighted by atomic mass is 9.97. The molecule has 4 rings (SSSR count). The molecule has 0 aliphatic carbocycles. The quantitative estimate of drug-likeness (QED) is 0.609. The van der Waals surface area contributed by atoms with Crippen LogP contribution < -0.4 is 0 Å². The topological polar surface area (TPSA) is 46.1 Å². The highest BCUT2D eigenvalue weighted by Gasteiger charge is 2.26. The van der Waals surface area contributed by atoms with E-state index in [2.05, 4.69) is 18.8 Å². The Bertz CT molecular complexity index is 948. The molecule has 0 N–H and O–H groups in total. The highest BCUT2D eigenvalue weighted by Crippen LogP contribution is 2.33. The summed E-state index contributed by atoms with van der Waals surface area (Å²) in [4.78, 5) is 25.5. The molecule has 4 nitrogen and oxygen atoms in total. The minimum absolute atomic E-state index is 0.120. The van der Waals surface area contributed by atoms with Gasteiger partial charge in [-0.2, -0.15) is 0 Å². The van der Waals surface area contributed by atoms with Gasteiger partial charge in [-0.3, -0.25) is 4.79 Å². The maximum absolute atomic E-state index is 13.0. The summed E-state index contributed by atoms with van der Waals surface area (Å²) in [6, 6.07) is 7.85. The van der Waals surface area contributed by atoms with Crippen LogP contribution in [-0.2, 0) is 0 Å². The predicted octanol–water partition coefficient (Wildman–Crippen LogP) is 5.21. The molecule has 0 radical (unpaired) electrons. The number of aryl methyl sites for hydroxylation is 3. The van der Waals surface area contributed by atoms with Gasteiger partial charge in [0.2, 0.25) is 0 Å². The zero-order valence-electron chi connectivity index (χ0n) is 15.9. The van der Waals surface area contributed by atoms with Crippen molar-refractivity contribution in [2.24, 2.45) is 0 Å². The number of amides is 1. The maximum Gasteiger partial charge on any atom is 0.253 e. The SMILES string of the molecule is Cc1csc(-c2cccc(C(=O)N3CCC(c4nc(C)c(C)s4)CC3)c2)n1. The van der Waals surface area contributed by atoms with Gasteiger partial charge in [0, 0.05) is 46.1 Å². The molecule has 6 heteroatoms. The second-order valence-electron chi connectivity index (χ2n) is 7.14. The van der Waals surface area contributed by atoms with Crippen molar-refractivity contribution in [2.75, 3.05) is 13.1 Å². The Morgan fingerprint density at radius 2 is 1.93 bits per heavy atom. The van der Waals surface area contributed by atoms with E-state index in [1.807, 2.05) is 52.8 Å². The van der Waals surface area contributed by atoms with E-state index in [1.165, 1.54) is 9.88 Å². The largest absolute Gasteiger partial charge is 0.339 e. The smallest absolute Gasteiger partial charge is 0.253 e. The second kappa shape index (κ2) is 7.52. The van der Waals surface area contributed by atoms with E-state index in [4.69, 9.17) is 4.98 Å². The fraction of sp³-hybridized carbons (Fsp3) is 0.381. The number of piperidine rings is 1. The number of aromatic nitrogens is 2. The molecule has 1 aromatic carbocycles. The summed E-state index contributed by atoms with van der Waals surface area (Å²) in [5.74, 6) is 0.603. The van der Waals surface area contributed by atoms with Crippen LogP contribution >= 0.6 is 22.7 Å². The van der Waals surface area contributed by atoms with Gasteiger partial charge in [0.05, 0.1) is 10.7 Å². The number of benzene rings is 1. The van der Waals surface area contributed by atoms with Gasteiger partial charge in [-0.1, -0.05) is 12.1 Å². The monoisotopic (exact) mass is 397 g/mol. The van der Waals surface area contributed by atoms with E-state index < -0.39 is 0 Å². The number of likely N-dealkylation sites (tertiary alicyclic amines) is 1. The Morgan fingerprint density at radius 3 is 2.56 bits per heavy atom. The van der Waals surface area contributed by atoms with Crippen molar-refractivity contribution < 1.29 is 4.79 Å². The highest BCUT2D eigenvalue weighted by atomic mass is 32.1. The summed E-state index contributed by atoms with van der Waals surface area (Å²) in [5, 5.41) is 4.24. The van der Waals surface area contributed by atoms with Gasteiger partial charge in [-0.25, -0.2) is 9.97 Å². The zero-order valence-corrected chi connectivity index (χ0v) is 17.5. The minimum atomic E-state index is 0.120. The predicted molar refractivity (Wildman–Crippen MR) is 112 cm³/mol. The molecule has 27 heavy (non-hydrogen) atoms. The molecule has 1 fully saturated rings. The third kappa shape index (κ3) is 3.82. The van der Waals surface area contributed by atoms with Crippen molar-refractivity contribution >= 4 is 28.6 Å². The van der Waals surface area contributed by atoms with E-state index in [0.717, 1.165) is 53.5 Å². The first-order chi connectivity index (χ1) is 13.0. The Labute approximate surface area is 167 Å². The summed E-state index contributed by atoms with van der Waals surface area (Å²) in [6.45, 7) is 7.78. The lowest BCUT2D eigenvalue weighted by molar-refractivity contribution is 0.0713. The second-order valence-corrected chi connectivity index (χ2v) is 9.23. The maximum atomic E-state index is 13.0. The van der Waals surface area contributed by atoms with Crippen LogP contribution in [0.1, 0.15) is 50.4 Å². The lowest BCUT2D eigenvalue weighted by Crippen LogP contribution is -2.37. The summed E-state index contributed by atoms with van der Waals surface area (Å²) < 4.78 is 0. The first kappa shape index (κ1) is 18.3. The molecule has 0 atom stereocenters. The first-order valence-corrected chi connectivity index (χ1v) is 11.0. The van der Waals surface area contributed by atoms with Crippen LogP contribution in [0.5, 0.6) is 0 Å². The van der Waals surface area contributed by atoms with Crippen molar-refractivity contribution in [3.8, 4) is 10.6 Å². The lowest BCUT2D eigenvalue weighted by Gasteiger charge is -2.31. The molecule has 140 valence electrons. The van der Waals surface area contributed by atoms with Crippen LogP contribution in [-0.4, -0.2) is 33.9 Å². The summed E-state index contributed by atoms with van der Waals surface area (Å²) >= 11 is 3.43. The average molecular weight is 398 g/mol. The molecule has 1 saturated heterocycles. The van der Waals surface area contributed by atoms with E-state index in [-0.39, 0.29) is 5.91 Å². The molecular formula is C21H23N3OS2. The van der Waals surface area contributed by atoms with Crippen molar-refractivity contribution in [3.05, 3.63) is 56.5 Å². The molecule has 0 unspecified atom stereocenters. The molecule has 0 saturated carbocycles. The van der Waals surface area contributed by atoms with Crippen molar-refractivity contribution in [2.45, 2.75) is 39.5 Å². The van der Waals surface area contributed by atoms with Gasteiger partial charge >= 0.3 is 0 Å². The van der Waals surface area contributed by atoms with E-state index in [1.54, 1.807) is 11.3 Å². The normalized spacial score (nSPS) is 15.3. The van der Waals surface area contributed by atoms with Crippen LogP contribution in [0.3, 0.4) is 0 Å². The van der Waals surface area contributed by atoms with Crippen LogP contribution in [0, 0.1) is 20.8 Å². The van der Waals surface area contributed by atoms with Crippen molar-refractivity contribution in [1.82, 2.24) is 14.9 Å². The molecule has 1 aliphatic rings. The summed E-state index contributed by atoms with van der Waals surface area (Å²) in [6.07, 6.45) is 1.98. The summed E-state index contributed by atoms with van der Waals surface area (Å²) in [5.41, 5.74) is 3.92. The minimum Gasteiger partial charge on any atom is -0.339 e. The zero-order chi connectivity index (χ0) is 19.0. The van der Waals surface area contributed by atoms with Crippen LogP contribution in [0.2, 0.25) is 0 Å². The standard InChI is InChI=1S/C21H23N3OS2/c1-13-12-26-19(22-13)17-5-4-6-18(11-17)21(25)24-9-7-16(8-10-24)20-23-14(2)15(3)27-20/h4-6,11-12,16H,7-10H2,1-3H3. The Morgan fingerprint density at radius 1 is 1.15 bits per heavy atom. The third-order valence-corrected chi connectivity index (χ3v) is 7.40. The molecule has 3 aromatic rings. The fourth-order valence-corrected chi connectivity index (χ4v) is 5.34. The number of rotatable bonds is 3. The number of hydrogen-bond acceptors (Lipinski definition) is 5. The number of carbonyl (C=O) groups is 1. The van der Waals surface area contributed by atoms with Gasteiger partial charge in [0.25, 0.3) is 5.91 Å². The van der Waals surface area contributed by atoms with Crippen molar-refractivity contribution in [3.63, 3.8) is 0 Å². The fourth-order valence-electron chi connectivity index (χ4n) is 3.46. The van der Waals surface area contributed by atoms with Crippen LogP contribution in [0.15, 0.2) is 29.6 Å². The van der Waals surface area contributed by atoms with Gasteiger partial charge in [-0.05, 0) is 45.7 Å². The number of hydrogen-bond donors (Lipinski definition) is 0. The average Bonchev–Trinajstić information content (AvgIpc) is 3.27. The number of thiazole rings is 2. The van der Waals surface area contributed by atoms with Crippen LogP contribution in [0.4, 0.5) is 0 Å². The molecule has 0 spiro atoms. The van der Waals surface area contributed by atoms with E-state index in [0.29, 0.717) is 5.92 Å². The molecule has 3 heterocycles. The van der Waals surface area contributed by atoms with Crippen molar-refractivity contribution in [1.29, 1.82) is 0 Å². The van der Waals surface area contributed by atoms with Crippen LogP contribution in [0.25, 0.3) is 10.6 Å². The van der Waals surface area contributed by atoms with Gasteiger partial charge < -0.3 is 4.90 Å². The molecular weight excluding hydrogens is 374 g/mol. The molecule has 2 aromatic heterocycles. The molecule has 1 amide bonds. The number of carbonyl (C=O) groups excluding carboxylic acids is 1. The first-order valence-electron chi connectivity index (χ1n) is 9.27. The van der Waals surface area contributed by atoms with Gasteiger partial charge in [0.1, 0.15) is 5.01 Å². The molecule has 0 bridgehead atoms. The van der Waals surface area contributed by atoms with Gasteiger partial charge in [-0.15, -0.1) is 22.7 Å². The summed E-state index contributed by atoms with van der Waals surface area (Å²) in [7, 11) is 0. The Hall–Kier alpha value is -2.05. The highest BCUT2D eigenvalue weighted by molar-refractivity contribution is 7.13. The van der Waals surface area contributed by atoms with E-state index in [9.17, 15) is 4.79 Å². The van der Waals surface area contributed by atoms with E-state index >= 15 is 0 Å². The Balaban J connectivity index is 1.45. The number of nitrogens with zero attached hydrogens (tertiary/aromatic N) is 3.